The number of carbonyl (C=O) groups excluding carboxylic acids is 1. The SMILES string of the molecule is COc1ccc(/C=N\NC(=O)c2cc(OC)c(OC)c(OC)c2)c(OC)c1. The highest BCUT2D eigenvalue weighted by Gasteiger charge is 2.16. The van der Waals surface area contributed by atoms with Crippen LogP contribution in [0.3, 0.4) is 0 Å². The molecule has 0 heterocycles. The van der Waals surface area contributed by atoms with Crippen LogP contribution in [0, 0.1) is 0 Å². The average Bonchev–Trinajstić information content (AvgIpc) is 2.72. The van der Waals surface area contributed by atoms with Gasteiger partial charge in [-0.25, -0.2) is 5.43 Å². The molecule has 0 saturated carbocycles. The summed E-state index contributed by atoms with van der Waals surface area (Å²) in [5.41, 5.74) is 3.45. The van der Waals surface area contributed by atoms with E-state index in [-0.39, 0.29) is 0 Å². The summed E-state index contributed by atoms with van der Waals surface area (Å²) in [6.07, 6.45) is 1.48. The molecule has 0 fully saturated rings. The van der Waals surface area contributed by atoms with Gasteiger partial charge in [0.05, 0.1) is 41.8 Å². The minimum absolute atomic E-state index is 0.309. The van der Waals surface area contributed by atoms with Crippen molar-refractivity contribution in [3.63, 3.8) is 0 Å². The monoisotopic (exact) mass is 374 g/mol. The lowest BCUT2D eigenvalue weighted by atomic mass is 10.1. The van der Waals surface area contributed by atoms with Crippen LogP contribution in [0.15, 0.2) is 35.4 Å². The molecule has 0 aliphatic rings. The number of methoxy groups -OCH3 is 5. The summed E-state index contributed by atoms with van der Waals surface area (Å²) in [5, 5.41) is 3.98. The Morgan fingerprint density at radius 2 is 1.48 bits per heavy atom. The normalized spacial score (nSPS) is 10.4. The molecule has 2 rings (SSSR count). The average molecular weight is 374 g/mol. The third-order valence-electron chi connectivity index (χ3n) is 3.74. The van der Waals surface area contributed by atoms with Gasteiger partial charge in [0, 0.05) is 17.2 Å². The van der Waals surface area contributed by atoms with Crippen LogP contribution in [0.2, 0.25) is 0 Å². The summed E-state index contributed by atoms with van der Waals surface area (Å²) >= 11 is 0. The second kappa shape index (κ2) is 9.33. The van der Waals surface area contributed by atoms with Crippen LogP contribution in [-0.4, -0.2) is 47.7 Å². The minimum atomic E-state index is -0.432. The summed E-state index contributed by atoms with van der Waals surface area (Å²) in [7, 11) is 7.56. The smallest absolute Gasteiger partial charge is 0.271 e. The van der Waals surface area contributed by atoms with Crippen LogP contribution in [-0.2, 0) is 0 Å². The second-order valence-corrected chi connectivity index (χ2v) is 5.22. The van der Waals surface area contributed by atoms with Crippen LogP contribution in [0.1, 0.15) is 15.9 Å². The predicted octanol–water partition coefficient (Wildman–Crippen LogP) is 2.49. The van der Waals surface area contributed by atoms with Gasteiger partial charge < -0.3 is 23.7 Å². The van der Waals surface area contributed by atoms with Crippen molar-refractivity contribution in [3.05, 3.63) is 41.5 Å². The lowest BCUT2D eigenvalue weighted by Crippen LogP contribution is -2.18. The fourth-order valence-electron chi connectivity index (χ4n) is 2.36. The topological polar surface area (TPSA) is 87.6 Å². The molecule has 0 radical (unpaired) electrons. The van der Waals surface area contributed by atoms with Crippen molar-refractivity contribution in [1.82, 2.24) is 5.43 Å². The quantitative estimate of drug-likeness (QED) is 0.564. The first-order valence-corrected chi connectivity index (χ1v) is 7.93. The fraction of sp³-hybridized carbons (Fsp3) is 0.263. The van der Waals surface area contributed by atoms with Gasteiger partial charge in [-0.2, -0.15) is 5.10 Å². The van der Waals surface area contributed by atoms with E-state index in [4.69, 9.17) is 23.7 Å². The van der Waals surface area contributed by atoms with Gasteiger partial charge in [-0.15, -0.1) is 0 Å². The Kier molecular flexibility index (Phi) is 6.87. The van der Waals surface area contributed by atoms with Crippen molar-refractivity contribution in [3.8, 4) is 28.7 Å². The highest BCUT2D eigenvalue weighted by Crippen LogP contribution is 2.38. The van der Waals surface area contributed by atoms with Crippen LogP contribution in [0.4, 0.5) is 0 Å². The Morgan fingerprint density at radius 3 is 2.00 bits per heavy atom. The Morgan fingerprint density at radius 1 is 0.852 bits per heavy atom. The van der Waals surface area contributed by atoms with Crippen LogP contribution < -0.4 is 29.1 Å². The maximum absolute atomic E-state index is 12.4. The number of hydrogen-bond acceptors (Lipinski definition) is 7. The molecule has 1 amide bonds. The summed E-state index contributed by atoms with van der Waals surface area (Å²) in [4.78, 5) is 12.4. The molecule has 0 bridgehead atoms. The van der Waals surface area contributed by atoms with Gasteiger partial charge in [-0.05, 0) is 24.3 Å². The van der Waals surface area contributed by atoms with Gasteiger partial charge in [0.2, 0.25) is 5.75 Å². The first-order chi connectivity index (χ1) is 13.1. The number of ether oxygens (including phenoxy) is 5. The molecule has 27 heavy (non-hydrogen) atoms. The van der Waals surface area contributed by atoms with Crippen LogP contribution in [0.5, 0.6) is 28.7 Å². The maximum Gasteiger partial charge on any atom is 0.271 e. The standard InChI is InChI=1S/C19H22N2O6/c1-23-14-7-6-12(15(10-14)24-2)11-20-21-19(22)13-8-16(25-3)18(27-5)17(9-13)26-4/h6-11H,1-5H3,(H,21,22)/b20-11-. The molecule has 0 aliphatic carbocycles. The van der Waals surface area contributed by atoms with Crippen molar-refractivity contribution >= 4 is 12.1 Å². The van der Waals surface area contributed by atoms with Crippen molar-refractivity contribution < 1.29 is 28.5 Å². The number of nitrogens with zero attached hydrogens (tertiary/aromatic N) is 1. The van der Waals surface area contributed by atoms with E-state index in [1.165, 1.54) is 27.5 Å². The van der Waals surface area contributed by atoms with Gasteiger partial charge in [0.1, 0.15) is 11.5 Å². The maximum atomic E-state index is 12.4. The lowest BCUT2D eigenvalue weighted by Gasteiger charge is -2.13. The van der Waals surface area contributed by atoms with Crippen molar-refractivity contribution in [2.24, 2.45) is 5.10 Å². The highest BCUT2D eigenvalue weighted by molar-refractivity contribution is 5.96. The van der Waals surface area contributed by atoms with E-state index in [1.807, 2.05) is 0 Å². The molecule has 2 aromatic rings. The Bertz CT molecular complexity index is 810. The second-order valence-electron chi connectivity index (χ2n) is 5.22. The first-order valence-electron chi connectivity index (χ1n) is 7.93. The van der Waals surface area contributed by atoms with Gasteiger partial charge >= 0.3 is 0 Å². The van der Waals surface area contributed by atoms with E-state index in [1.54, 1.807) is 44.6 Å². The predicted molar refractivity (Wildman–Crippen MR) is 101 cm³/mol. The largest absolute Gasteiger partial charge is 0.497 e. The molecular weight excluding hydrogens is 352 g/mol. The summed E-state index contributed by atoms with van der Waals surface area (Å²) in [6, 6.07) is 8.35. The molecule has 0 atom stereocenters. The number of nitrogens with one attached hydrogen (secondary N) is 1. The van der Waals surface area contributed by atoms with Gasteiger partial charge in [0.15, 0.2) is 11.5 Å². The molecule has 0 unspecified atom stereocenters. The molecule has 0 spiro atoms. The number of amides is 1. The summed E-state index contributed by atoms with van der Waals surface area (Å²) in [5.74, 6) is 1.96. The third-order valence-corrected chi connectivity index (χ3v) is 3.74. The summed E-state index contributed by atoms with van der Waals surface area (Å²) < 4.78 is 26.2. The van der Waals surface area contributed by atoms with Gasteiger partial charge in [-0.1, -0.05) is 0 Å². The van der Waals surface area contributed by atoms with E-state index in [0.717, 1.165) is 0 Å². The Balaban J connectivity index is 2.19. The van der Waals surface area contributed by atoms with Gasteiger partial charge in [0.25, 0.3) is 5.91 Å². The van der Waals surface area contributed by atoms with E-state index in [2.05, 4.69) is 10.5 Å². The van der Waals surface area contributed by atoms with Gasteiger partial charge in [-0.3, -0.25) is 4.79 Å². The molecule has 8 heteroatoms. The molecule has 8 nitrogen and oxygen atoms in total. The summed E-state index contributed by atoms with van der Waals surface area (Å²) in [6.45, 7) is 0. The van der Waals surface area contributed by atoms with Crippen LogP contribution >= 0.6 is 0 Å². The molecule has 1 N–H and O–H groups in total. The third kappa shape index (κ3) is 4.60. The molecule has 0 saturated heterocycles. The zero-order valence-electron chi connectivity index (χ0n) is 15.9. The van der Waals surface area contributed by atoms with Crippen molar-refractivity contribution in [2.45, 2.75) is 0 Å². The minimum Gasteiger partial charge on any atom is -0.497 e. The van der Waals surface area contributed by atoms with E-state index in [0.29, 0.717) is 39.9 Å². The molecule has 144 valence electrons. The first kappa shape index (κ1) is 19.9. The van der Waals surface area contributed by atoms with E-state index in [9.17, 15) is 4.79 Å². The van der Waals surface area contributed by atoms with Crippen molar-refractivity contribution in [2.75, 3.05) is 35.5 Å². The zero-order valence-corrected chi connectivity index (χ0v) is 15.9. The number of benzene rings is 2. The van der Waals surface area contributed by atoms with E-state index >= 15 is 0 Å². The Hall–Kier alpha value is -3.42. The lowest BCUT2D eigenvalue weighted by molar-refractivity contribution is 0.0954. The Labute approximate surface area is 157 Å². The number of hydrogen-bond donors (Lipinski definition) is 1. The number of hydrazone groups is 1. The number of carbonyl (C=O) groups is 1. The molecule has 0 aromatic heterocycles. The van der Waals surface area contributed by atoms with Crippen molar-refractivity contribution in [1.29, 1.82) is 0 Å². The fourth-order valence-corrected chi connectivity index (χ4v) is 2.36. The molecule has 0 aliphatic heterocycles. The van der Waals surface area contributed by atoms with E-state index < -0.39 is 5.91 Å². The zero-order chi connectivity index (χ0) is 19.8. The number of rotatable bonds is 8. The van der Waals surface area contributed by atoms with Crippen LogP contribution in [0.25, 0.3) is 0 Å². The highest BCUT2D eigenvalue weighted by atomic mass is 16.5. The molecule has 2 aromatic carbocycles. The molecular formula is C19H22N2O6.